The van der Waals surface area contributed by atoms with Crippen molar-refractivity contribution in [3.05, 3.63) is 0 Å². The van der Waals surface area contributed by atoms with Crippen LogP contribution in [0.2, 0.25) is 0 Å². The van der Waals surface area contributed by atoms with Crippen LogP contribution in [-0.4, -0.2) is 62.8 Å². The molecule has 0 bridgehead atoms. The highest BCUT2D eigenvalue weighted by Crippen LogP contribution is 2.19. The summed E-state index contributed by atoms with van der Waals surface area (Å²) in [6.45, 7) is 13.7. The highest BCUT2D eigenvalue weighted by atomic mass is 127. The van der Waals surface area contributed by atoms with E-state index >= 15 is 0 Å². The van der Waals surface area contributed by atoms with Gasteiger partial charge in [-0.2, -0.15) is 0 Å². The van der Waals surface area contributed by atoms with Crippen molar-refractivity contribution in [1.29, 1.82) is 0 Å². The van der Waals surface area contributed by atoms with Crippen LogP contribution >= 0.6 is 24.0 Å². The number of nitrogens with one attached hydrogen (secondary N) is 2. The van der Waals surface area contributed by atoms with E-state index in [-0.39, 0.29) is 24.0 Å². The van der Waals surface area contributed by atoms with E-state index in [0.29, 0.717) is 18.0 Å². The summed E-state index contributed by atoms with van der Waals surface area (Å²) in [6.07, 6.45) is 3.54. The summed E-state index contributed by atoms with van der Waals surface area (Å²) in [6, 6.07) is 0.996. The molecule has 5 nitrogen and oxygen atoms in total. The number of halogens is 1. The minimum Gasteiger partial charge on any atom is -0.379 e. The van der Waals surface area contributed by atoms with E-state index < -0.39 is 0 Å². The van der Waals surface area contributed by atoms with Gasteiger partial charge >= 0.3 is 0 Å². The van der Waals surface area contributed by atoms with Gasteiger partial charge in [0, 0.05) is 38.8 Å². The predicted octanol–water partition coefficient (Wildman–Crippen LogP) is 2.70. The van der Waals surface area contributed by atoms with Crippen LogP contribution in [-0.2, 0) is 4.74 Å². The van der Waals surface area contributed by atoms with Crippen LogP contribution in [0.3, 0.4) is 0 Å². The molecule has 0 spiro atoms. The van der Waals surface area contributed by atoms with Crippen molar-refractivity contribution in [1.82, 2.24) is 15.5 Å². The van der Waals surface area contributed by atoms with E-state index in [2.05, 4.69) is 48.2 Å². The first-order chi connectivity index (χ1) is 10.7. The molecule has 6 heteroatoms. The maximum absolute atomic E-state index is 5.51. The van der Waals surface area contributed by atoms with Gasteiger partial charge in [0.2, 0.25) is 0 Å². The minimum absolute atomic E-state index is 0. The molecule has 2 N–H and O–H groups in total. The molecule has 0 amide bonds. The van der Waals surface area contributed by atoms with Crippen LogP contribution in [0, 0.1) is 5.92 Å². The maximum Gasteiger partial charge on any atom is 0.191 e. The molecule has 1 aliphatic rings. The Morgan fingerprint density at radius 3 is 2.22 bits per heavy atom. The number of nitrogens with zero attached hydrogens (tertiary/aromatic N) is 2. The molecule has 0 radical (unpaired) electrons. The number of aliphatic imine (C=N–C) groups is 1. The first-order valence-electron chi connectivity index (χ1n) is 8.95. The maximum atomic E-state index is 5.51. The topological polar surface area (TPSA) is 48.9 Å². The van der Waals surface area contributed by atoms with Crippen molar-refractivity contribution < 1.29 is 4.74 Å². The molecule has 2 atom stereocenters. The molecule has 0 saturated carbocycles. The molecule has 0 aromatic carbocycles. The molecule has 0 aromatic heterocycles. The molecule has 0 aliphatic carbocycles. The molecule has 2 unspecified atom stereocenters. The molecule has 1 saturated heterocycles. The zero-order chi connectivity index (χ0) is 16.4. The lowest BCUT2D eigenvalue weighted by Gasteiger charge is -2.39. The van der Waals surface area contributed by atoms with E-state index in [9.17, 15) is 0 Å². The van der Waals surface area contributed by atoms with Gasteiger partial charge in [-0.3, -0.25) is 9.89 Å². The number of ether oxygens (including phenoxy) is 1. The Bertz CT molecular complexity index is 318. The Balaban J connectivity index is 0.00000484. The van der Waals surface area contributed by atoms with Crippen molar-refractivity contribution in [3.8, 4) is 0 Å². The lowest BCUT2D eigenvalue weighted by Crippen LogP contribution is -2.54. The summed E-state index contributed by atoms with van der Waals surface area (Å²) in [5.74, 6) is 1.63. The summed E-state index contributed by atoms with van der Waals surface area (Å²) in [5, 5.41) is 6.98. The summed E-state index contributed by atoms with van der Waals surface area (Å²) < 4.78 is 5.51. The molecule has 0 aromatic rings. The van der Waals surface area contributed by atoms with Gasteiger partial charge < -0.3 is 15.4 Å². The Hall–Kier alpha value is -0.0800. The summed E-state index contributed by atoms with van der Waals surface area (Å²) >= 11 is 0. The lowest BCUT2D eigenvalue weighted by molar-refractivity contribution is 0.00271. The average molecular weight is 440 g/mol. The Labute approximate surface area is 160 Å². The average Bonchev–Trinajstić information content (AvgIpc) is 2.57. The molecular weight excluding hydrogens is 403 g/mol. The summed E-state index contributed by atoms with van der Waals surface area (Å²) in [5.41, 5.74) is 0. The second-order valence-electron chi connectivity index (χ2n) is 6.20. The van der Waals surface area contributed by atoms with Gasteiger partial charge in [-0.1, -0.05) is 33.6 Å². The molecule has 138 valence electrons. The Kier molecular flexibility index (Phi) is 13.2. The summed E-state index contributed by atoms with van der Waals surface area (Å²) in [7, 11) is 1.85. The largest absolute Gasteiger partial charge is 0.379 e. The SMILES string of the molecule is CCC(C)NC(=NC)NCC(C(CC)CC)N1CCOCC1.I. The van der Waals surface area contributed by atoms with E-state index in [1.54, 1.807) is 0 Å². The van der Waals surface area contributed by atoms with Gasteiger partial charge in [0.15, 0.2) is 5.96 Å². The van der Waals surface area contributed by atoms with Gasteiger partial charge in [-0.15, -0.1) is 24.0 Å². The van der Waals surface area contributed by atoms with Crippen molar-refractivity contribution in [2.24, 2.45) is 10.9 Å². The predicted molar refractivity (Wildman–Crippen MR) is 110 cm³/mol. The zero-order valence-corrected chi connectivity index (χ0v) is 17.9. The lowest BCUT2D eigenvalue weighted by atomic mass is 9.92. The smallest absolute Gasteiger partial charge is 0.191 e. The van der Waals surface area contributed by atoms with Crippen LogP contribution < -0.4 is 10.6 Å². The molecule has 1 aliphatic heterocycles. The van der Waals surface area contributed by atoms with E-state index in [1.807, 2.05) is 7.05 Å². The van der Waals surface area contributed by atoms with E-state index in [4.69, 9.17) is 4.74 Å². The molecule has 1 heterocycles. The van der Waals surface area contributed by atoms with Crippen molar-refractivity contribution in [2.75, 3.05) is 39.9 Å². The second-order valence-corrected chi connectivity index (χ2v) is 6.20. The number of hydrogen-bond acceptors (Lipinski definition) is 3. The summed E-state index contributed by atoms with van der Waals surface area (Å²) in [4.78, 5) is 6.94. The van der Waals surface area contributed by atoms with Crippen molar-refractivity contribution >= 4 is 29.9 Å². The third-order valence-corrected chi connectivity index (χ3v) is 4.81. The molecule has 1 fully saturated rings. The van der Waals surface area contributed by atoms with Gasteiger partial charge in [0.05, 0.1) is 13.2 Å². The van der Waals surface area contributed by atoms with Gasteiger partial charge in [-0.05, 0) is 19.3 Å². The third kappa shape index (κ3) is 8.03. The van der Waals surface area contributed by atoms with Crippen molar-refractivity contribution in [2.45, 2.75) is 59.0 Å². The zero-order valence-electron chi connectivity index (χ0n) is 15.6. The van der Waals surface area contributed by atoms with Gasteiger partial charge in [0.1, 0.15) is 0 Å². The molecular formula is C17H37IN4O. The quantitative estimate of drug-likeness (QED) is 0.346. The van der Waals surface area contributed by atoms with Crippen LogP contribution in [0.15, 0.2) is 4.99 Å². The first-order valence-corrected chi connectivity index (χ1v) is 8.95. The Morgan fingerprint density at radius 1 is 1.13 bits per heavy atom. The first kappa shape index (κ1) is 22.9. The Morgan fingerprint density at radius 2 is 1.74 bits per heavy atom. The molecule has 23 heavy (non-hydrogen) atoms. The van der Waals surface area contributed by atoms with Crippen LogP contribution in [0.4, 0.5) is 0 Å². The van der Waals surface area contributed by atoms with E-state index in [0.717, 1.165) is 45.2 Å². The number of hydrogen-bond donors (Lipinski definition) is 2. The van der Waals surface area contributed by atoms with Gasteiger partial charge in [-0.25, -0.2) is 0 Å². The monoisotopic (exact) mass is 440 g/mol. The van der Waals surface area contributed by atoms with E-state index in [1.165, 1.54) is 12.8 Å². The standard InChI is InChI=1S/C17H36N4O.HI/c1-6-14(4)20-17(18-5)19-13-16(15(7-2)8-3)21-9-11-22-12-10-21;/h14-16H,6-13H2,1-5H3,(H2,18,19,20);1H. The fourth-order valence-corrected chi connectivity index (χ4v) is 3.07. The van der Waals surface area contributed by atoms with Crippen molar-refractivity contribution in [3.63, 3.8) is 0 Å². The second kappa shape index (κ2) is 13.2. The third-order valence-electron chi connectivity index (χ3n) is 4.81. The fraction of sp³-hybridized carbons (Fsp3) is 0.941. The number of morpholine rings is 1. The number of rotatable bonds is 8. The highest BCUT2D eigenvalue weighted by molar-refractivity contribution is 14.0. The number of guanidine groups is 1. The van der Waals surface area contributed by atoms with Crippen LogP contribution in [0.5, 0.6) is 0 Å². The van der Waals surface area contributed by atoms with Crippen LogP contribution in [0.1, 0.15) is 47.0 Å². The fourth-order valence-electron chi connectivity index (χ4n) is 3.07. The minimum atomic E-state index is 0. The van der Waals surface area contributed by atoms with Crippen LogP contribution in [0.25, 0.3) is 0 Å². The molecule has 1 rings (SSSR count). The normalized spacial score (nSPS) is 19.1. The van der Waals surface area contributed by atoms with Gasteiger partial charge in [0.25, 0.3) is 0 Å². The highest BCUT2D eigenvalue weighted by Gasteiger charge is 2.27.